The van der Waals surface area contributed by atoms with Crippen LogP contribution in [0.15, 0.2) is 29.2 Å². The van der Waals surface area contributed by atoms with Gasteiger partial charge >= 0.3 is 0 Å². The molecule has 0 aliphatic heterocycles. The Hall–Kier alpha value is -2.64. The van der Waals surface area contributed by atoms with Crippen molar-refractivity contribution >= 4 is 11.8 Å². The highest BCUT2D eigenvalue weighted by atomic mass is 16.5. The number of imidazole rings is 1. The molecule has 1 fully saturated rings. The molecular weight excluding hydrogens is 346 g/mol. The maximum atomic E-state index is 12.3. The second-order valence-electron chi connectivity index (χ2n) is 7.03. The molecule has 2 heterocycles. The molecule has 0 spiro atoms. The minimum absolute atomic E-state index is 0.0723. The van der Waals surface area contributed by atoms with E-state index in [2.05, 4.69) is 32.2 Å². The van der Waals surface area contributed by atoms with Gasteiger partial charge in [0.15, 0.2) is 5.69 Å². The molecule has 0 saturated heterocycles. The van der Waals surface area contributed by atoms with E-state index < -0.39 is 0 Å². The molecule has 27 heavy (non-hydrogen) atoms. The lowest BCUT2D eigenvalue weighted by Crippen LogP contribution is -2.41. The molecule has 0 radical (unpaired) electrons. The van der Waals surface area contributed by atoms with Gasteiger partial charge in [-0.15, -0.1) is 0 Å². The van der Waals surface area contributed by atoms with Crippen molar-refractivity contribution in [2.45, 2.75) is 58.0 Å². The summed E-state index contributed by atoms with van der Waals surface area (Å²) < 4.78 is 6.72. The van der Waals surface area contributed by atoms with Crippen molar-refractivity contribution in [3.63, 3.8) is 0 Å². The van der Waals surface area contributed by atoms with Crippen LogP contribution in [0.25, 0.3) is 0 Å². The first-order chi connectivity index (χ1) is 13.2. The minimum atomic E-state index is -0.220. The molecule has 2 aromatic rings. The SMILES string of the molecule is CCc1nccn1CCC(=O)N[C@H]1CCC[C@@H](CNC(=O)c2ccon2)C1. The average Bonchev–Trinajstić information content (AvgIpc) is 3.36. The van der Waals surface area contributed by atoms with Gasteiger partial charge in [0.05, 0.1) is 0 Å². The van der Waals surface area contributed by atoms with Crippen LogP contribution in [0, 0.1) is 5.92 Å². The number of hydrogen-bond acceptors (Lipinski definition) is 5. The fraction of sp³-hybridized carbons (Fsp3) is 0.579. The number of hydrogen-bond donors (Lipinski definition) is 2. The van der Waals surface area contributed by atoms with Crippen molar-refractivity contribution in [2.24, 2.45) is 5.92 Å². The predicted octanol–water partition coefficient (Wildman–Crippen LogP) is 1.93. The van der Waals surface area contributed by atoms with Crippen LogP contribution in [-0.2, 0) is 17.8 Å². The molecular formula is C19H27N5O3. The van der Waals surface area contributed by atoms with E-state index in [4.69, 9.17) is 0 Å². The monoisotopic (exact) mass is 373 g/mol. The summed E-state index contributed by atoms with van der Waals surface area (Å²) in [6.45, 7) is 3.30. The van der Waals surface area contributed by atoms with E-state index in [1.165, 1.54) is 6.26 Å². The Morgan fingerprint density at radius 2 is 2.26 bits per heavy atom. The van der Waals surface area contributed by atoms with E-state index in [-0.39, 0.29) is 17.9 Å². The third-order valence-electron chi connectivity index (χ3n) is 5.07. The summed E-state index contributed by atoms with van der Waals surface area (Å²) in [5, 5.41) is 9.69. The average molecular weight is 373 g/mol. The van der Waals surface area contributed by atoms with Crippen molar-refractivity contribution in [1.82, 2.24) is 25.3 Å². The second-order valence-corrected chi connectivity index (χ2v) is 7.03. The number of carbonyl (C=O) groups is 2. The maximum Gasteiger partial charge on any atom is 0.273 e. The lowest BCUT2D eigenvalue weighted by molar-refractivity contribution is -0.122. The predicted molar refractivity (Wildman–Crippen MR) is 98.9 cm³/mol. The third kappa shape index (κ3) is 5.42. The number of nitrogens with one attached hydrogen (secondary N) is 2. The Balaban J connectivity index is 1.39. The van der Waals surface area contributed by atoms with E-state index in [1.54, 1.807) is 12.3 Å². The van der Waals surface area contributed by atoms with Gasteiger partial charge in [-0.05, 0) is 25.2 Å². The summed E-state index contributed by atoms with van der Waals surface area (Å²) in [6.07, 6.45) is 10.4. The molecule has 8 heteroatoms. The third-order valence-corrected chi connectivity index (χ3v) is 5.07. The Morgan fingerprint density at radius 3 is 3.04 bits per heavy atom. The first-order valence-electron chi connectivity index (χ1n) is 9.63. The number of aromatic nitrogens is 3. The van der Waals surface area contributed by atoms with Gasteiger partial charge in [0.25, 0.3) is 5.91 Å². The Morgan fingerprint density at radius 1 is 1.37 bits per heavy atom. The molecule has 2 atom stereocenters. The molecule has 146 valence electrons. The number of nitrogens with zero attached hydrogens (tertiary/aromatic N) is 3. The first-order valence-corrected chi connectivity index (χ1v) is 9.63. The van der Waals surface area contributed by atoms with Crippen molar-refractivity contribution in [3.8, 4) is 0 Å². The molecule has 2 aromatic heterocycles. The number of amides is 2. The highest BCUT2D eigenvalue weighted by Gasteiger charge is 2.24. The summed E-state index contributed by atoms with van der Waals surface area (Å²) in [7, 11) is 0. The minimum Gasteiger partial charge on any atom is -0.364 e. The van der Waals surface area contributed by atoms with E-state index in [0.29, 0.717) is 31.1 Å². The van der Waals surface area contributed by atoms with Gasteiger partial charge < -0.3 is 19.7 Å². The fourth-order valence-corrected chi connectivity index (χ4v) is 3.64. The molecule has 1 aliphatic carbocycles. The molecule has 0 aromatic carbocycles. The molecule has 0 unspecified atom stereocenters. The molecule has 8 nitrogen and oxygen atoms in total. The number of rotatable bonds is 8. The standard InChI is InChI=1S/C19H27N5O3/c1-2-17-20-8-10-24(17)9-6-18(25)22-15-5-3-4-14(12-15)13-21-19(26)16-7-11-27-23-16/h7-8,10-11,14-15H,2-6,9,12-13H2,1H3,(H,21,26)(H,22,25)/t14-,15+/m1/s1. The summed E-state index contributed by atoms with van der Waals surface area (Å²) in [5.74, 6) is 1.22. The molecule has 2 N–H and O–H groups in total. The van der Waals surface area contributed by atoms with Gasteiger partial charge in [-0.25, -0.2) is 4.98 Å². The highest BCUT2D eigenvalue weighted by Crippen LogP contribution is 2.24. The van der Waals surface area contributed by atoms with Gasteiger partial charge in [0, 0.05) is 50.4 Å². The zero-order valence-corrected chi connectivity index (χ0v) is 15.7. The fourth-order valence-electron chi connectivity index (χ4n) is 3.64. The van der Waals surface area contributed by atoms with Gasteiger partial charge in [0.1, 0.15) is 12.1 Å². The number of carbonyl (C=O) groups excluding carboxylic acids is 2. The van der Waals surface area contributed by atoms with Crippen LogP contribution in [0.5, 0.6) is 0 Å². The van der Waals surface area contributed by atoms with Crippen LogP contribution < -0.4 is 10.6 Å². The van der Waals surface area contributed by atoms with Crippen molar-refractivity contribution in [3.05, 3.63) is 36.2 Å². The molecule has 2 amide bonds. The van der Waals surface area contributed by atoms with Gasteiger partial charge in [-0.2, -0.15) is 0 Å². The van der Waals surface area contributed by atoms with Gasteiger partial charge in [-0.3, -0.25) is 9.59 Å². The quantitative estimate of drug-likeness (QED) is 0.736. The van der Waals surface area contributed by atoms with E-state index >= 15 is 0 Å². The Bertz CT molecular complexity index is 740. The lowest BCUT2D eigenvalue weighted by Gasteiger charge is -2.30. The van der Waals surface area contributed by atoms with Crippen LogP contribution in [0.2, 0.25) is 0 Å². The van der Waals surface area contributed by atoms with Crippen molar-refractivity contribution in [2.75, 3.05) is 6.54 Å². The zero-order valence-electron chi connectivity index (χ0n) is 15.7. The molecule has 3 rings (SSSR count). The summed E-state index contributed by atoms with van der Waals surface area (Å²) in [5.41, 5.74) is 0.293. The van der Waals surface area contributed by atoms with Crippen molar-refractivity contribution < 1.29 is 14.1 Å². The first kappa shape index (κ1) is 19.1. The summed E-state index contributed by atoms with van der Waals surface area (Å²) in [6, 6.07) is 1.72. The molecule has 0 bridgehead atoms. The molecule has 1 aliphatic rings. The zero-order chi connectivity index (χ0) is 19.1. The van der Waals surface area contributed by atoms with E-state index in [0.717, 1.165) is 37.9 Å². The van der Waals surface area contributed by atoms with Gasteiger partial charge in [-0.1, -0.05) is 18.5 Å². The largest absolute Gasteiger partial charge is 0.364 e. The summed E-state index contributed by atoms with van der Waals surface area (Å²) >= 11 is 0. The molecule has 1 saturated carbocycles. The van der Waals surface area contributed by atoms with Crippen LogP contribution in [0.1, 0.15) is 55.3 Å². The van der Waals surface area contributed by atoms with E-state index in [1.807, 2.05) is 10.8 Å². The maximum absolute atomic E-state index is 12.3. The van der Waals surface area contributed by atoms with Crippen LogP contribution in [-0.4, -0.2) is 39.1 Å². The normalized spacial score (nSPS) is 19.6. The second kappa shape index (κ2) is 9.34. The summed E-state index contributed by atoms with van der Waals surface area (Å²) in [4.78, 5) is 28.5. The highest BCUT2D eigenvalue weighted by molar-refractivity contribution is 5.91. The van der Waals surface area contributed by atoms with Crippen LogP contribution in [0.4, 0.5) is 0 Å². The van der Waals surface area contributed by atoms with Crippen molar-refractivity contribution in [1.29, 1.82) is 0 Å². The van der Waals surface area contributed by atoms with Crippen LogP contribution >= 0.6 is 0 Å². The van der Waals surface area contributed by atoms with E-state index in [9.17, 15) is 9.59 Å². The smallest absolute Gasteiger partial charge is 0.273 e. The Labute approximate surface area is 158 Å². The Kier molecular flexibility index (Phi) is 6.62. The topological polar surface area (TPSA) is 102 Å². The number of aryl methyl sites for hydroxylation is 2. The van der Waals surface area contributed by atoms with Gasteiger partial charge in [0.2, 0.25) is 5.91 Å². The van der Waals surface area contributed by atoms with Crippen LogP contribution in [0.3, 0.4) is 0 Å². The lowest BCUT2D eigenvalue weighted by atomic mass is 9.85.